The number of phosphoric acid groups is 1. The van der Waals surface area contributed by atoms with Crippen LogP contribution in [-0.4, -0.2) is 41.0 Å². The number of hydrogen-bond acceptors (Lipinski definition) is 6. The van der Waals surface area contributed by atoms with Crippen LogP contribution in [0.15, 0.2) is 12.2 Å². The summed E-state index contributed by atoms with van der Waals surface area (Å²) in [5.41, 5.74) is 0. The summed E-state index contributed by atoms with van der Waals surface area (Å²) < 4.78 is 26.2. The molecule has 0 heterocycles. The van der Waals surface area contributed by atoms with E-state index in [9.17, 15) is 14.2 Å². The average Bonchev–Trinajstić information content (AvgIpc) is 2.97. The molecule has 0 aromatic heterocycles. The van der Waals surface area contributed by atoms with Crippen molar-refractivity contribution in [3.05, 3.63) is 12.2 Å². The van der Waals surface area contributed by atoms with E-state index in [1.807, 2.05) is 0 Å². The number of hydrogen-bond donors (Lipinski definition) is 2. The second kappa shape index (κ2) is 30.8. The fourth-order valence-electron chi connectivity index (χ4n) is 4.90. The maximum absolute atomic E-state index is 12.3. The van der Waals surface area contributed by atoms with Gasteiger partial charge in [-0.2, -0.15) is 0 Å². The summed E-state index contributed by atoms with van der Waals surface area (Å²) in [6, 6.07) is 0. The number of allylic oxidation sites excluding steroid dienone is 2. The number of carbonyl (C=O) groups is 2. The molecule has 0 aromatic rings. The highest BCUT2D eigenvalue weighted by Crippen LogP contribution is 2.36. The molecule has 0 bridgehead atoms. The van der Waals surface area contributed by atoms with Gasteiger partial charge in [-0.1, -0.05) is 135 Å². The molecule has 0 saturated carbocycles. The zero-order valence-corrected chi connectivity index (χ0v) is 28.5. The zero-order chi connectivity index (χ0) is 31.9. The van der Waals surface area contributed by atoms with Gasteiger partial charge in [0.2, 0.25) is 0 Å². The molecule has 2 N–H and O–H groups in total. The maximum Gasteiger partial charge on any atom is 0.469 e. The highest BCUT2D eigenvalue weighted by molar-refractivity contribution is 7.46. The van der Waals surface area contributed by atoms with Crippen LogP contribution in [0.3, 0.4) is 0 Å². The quantitative estimate of drug-likeness (QED) is 0.0325. The van der Waals surface area contributed by atoms with E-state index in [4.69, 9.17) is 19.3 Å². The molecule has 1 atom stereocenters. The predicted octanol–water partition coefficient (Wildman–Crippen LogP) is 9.90. The van der Waals surface area contributed by atoms with Crippen LogP contribution < -0.4 is 0 Å². The molecule has 0 radical (unpaired) electrons. The van der Waals surface area contributed by atoms with Gasteiger partial charge >= 0.3 is 19.8 Å². The summed E-state index contributed by atoms with van der Waals surface area (Å²) >= 11 is 0. The topological polar surface area (TPSA) is 119 Å². The van der Waals surface area contributed by atoms with E-state index in [1.165, 1.54) is 89.9 Å². The van der Waals surface area contributed by atoms with Crippen molar-refractivity contribution < 1.29 is 37.9 Å². The second-order valence-electron chi connectivity index (χ2n) is 11.8. The van der Waals surface area contributed by atoms with Gasteiger partial charge in [-0.3, -0.25) is 14.1 Å². The van der Waals surface area contributed by atoms with Gasteiger partial charge in [0.1, 0.15) is 6.61 Å². The first kappa shape index (κ1) is 41.8. The number of phosphoric ester groups is 1. The Kier molecular flexibility index (Phi) is 29.9. The SMILES string of the molecule is CCCCCC/C=C\CCCCCCCC(=O)OC(COC(=O)CCCCCCCCCCCCCC)COP(=O)(O)O. The van der Waals surface area contributed by atoms with Crippen LogP contribution in [0, 0.1) is 0 Å². The zero-order valence-electron chi connectivity index (χ0n) is 27.6. The maximum atomic E-state index is 12.3. The molecule has 8 nitrogen and oxygen atoms in total. The number of carbonyl (C=O) groups excluding carboxylic acids is 2. The van der Waals surface area contributed by atoms with Gasteiger partial charge in [0, 0.05) is 12.8 Å². The van der Waals surface area contributed by atoms with Gasteiger partial charge in [-0.25, -0.2) is 4.57 Å². The first-order valence-electron chi connectivity index (χ1n) is 17.5. The Balaban J connectivity index is 4.00. The van der Waals surface area contributed by atoms with Crippen LogP contribution in [0.4, 0.5) is 0 Å². The van der Waals surface area contributed by atoms with E-state index in [0.717, 1.165) is 51.4 Å². The molecular formula is C34H65O8P. The number of ether oxygens (including phenoxy) is 2. The van der Waals surface area contributed by atoms with Crippen molar-refractivity contribution in [1.82, 2.24) is 0 Å². The molecule has 0 aromatic carbocycles. The third-order valence-corrected chi connectivity index (χ3v) is 8.02. The lowest BCUT2D eigenvalue weighted by Crippen LogP contribution is -2.29. The lowest BCUT2D eigenvalue weighted by Gasteiger charge is -2.18. The standard InChI is InChI=1S/C34H65O8P/c1-3-5-7-9-11-13-15-17-19-21-23-25-27-29-34(36)42-32(31-41-43(37,38)39)30-40-33(35)28-26-24-22-20-18-16-14-12-10-8-6-4-2/h13,15,32H,3-12,14,16-31H2,1-2H3,(H2,37,38,39)/b15-13-. The summed E-state index contributed by atoms with van der Waals surface area (Å²) in [5, 5.41) is 0. The Morgan fingerprint density at radius 3 is 1.44 bits per heavy atom. The summed E-state index contributed by atoms with van der Waals surface area (Å²) in [4.78, 5) is 42.5. The minimum Gasteiger partial charge on any atom is -0.462 e. The first-order chi connectivity index (χ1) is 20.8. The van der Waals surface area contributed by atoms with Crippen LogP contribution in [0.25, 0.3) is 0 Å². The van der Waals surface area contributed by atoms with Crippen LogP contribution in [0.2, 0.25) is 0 Å². The molecule has 43 heavy (non-hydrogen) atoms. The van der Waals surface area contributed by atoms with Gasteiger partial charge in [0.05, 0.1) is 6.61 Å². The van der Waals surface area contributed by atoms with E-state index in [-0.39, 0.29) is 19.4 Å². The summed E-state index contributed by atoms with van der Waals surface area (Å²) in [7, 11) is -4.74. The second-order valence-corrected chi connectivity index (χ2v) is 13.1. The van der Waals surface area contributed by atoms with Crippen LogP contribution in [0.5, 0.6) is 0 Å². The Morgan fingerprint density at radius 2 is 0.977 bits per heavy atom. The Hall–Kier alpha value is -1.21. The van der Waals surface area contributed by atoms with Gasteiger partial charge < -0.3 is 19.3 Å². The van der Waals surface area contributed by atoms with Crippen LogP contribution in [-0.2, 0) is 28.2 Å². The van der Waals surface area contributed by atoms with Gasteiger partial charge in [-0.15, -0.1) is 0 Å². The molecule has 0 spiro atoms. The number of esters is 2. The monoisotopic (exact) mass is 632 g/mol. The van der Waals surface area contributed by atoms with Crippen molar-refractivity contribution in [1.29, 1.82) is 0 Å². The minimum absolute atomic E-state index is 0.205. The summed E-state index contributed by atoms with van der Waals surface area (Å²) in [6.45, 7) is 3.64. The molecular weight excluding hydrogens is 567 g/mol. The van der Waals surface area contributed by atoms with Gasteiger partial charge in [0.15, 0.2) is 6.10 Å². The molecule has 9 heteroatoms. The van der Waals surface area contributed by atoms with E-state index in [2.05, 4.69) is 30.5 Å². The lowest BCUT2D eigenvalue weighted by molar-refractivity contribution is -0.161. The van der Waals surface area contributed by atoms with Crippen molar-refractivity contribution in [3.63, 3.8) is 0 Å². The smallest absolute Gasteiger partial charge is 0.462 e. The molecule has 0 amide bonds. The van der Waals surface area contributed by atoms with Crippen molar-refractivity contribution in [3.8, 4) is 0 Å². The first-order valence-corrected chi connectivity index (χ1v) is 19.0. The molecule has 0 rings (SSSR count). The number of rotatable bonds is 32. The molecule has 0 saturated heterocycles. The Bertz CT molecular complexity index is 721. The van der Waals surface area contributed by atoms with E-state index < -0.39 is 32.5 Å². The molecule has 0 aliphatic carbocycles. The van der Waals surface area contributed by atoms with Crippen molar-refractivity contribution in [2.75, 3.05) is 13.2 Å². The van der Waals surface area contributed by atoms with Crippen LogP contribution in [0.1, 0.15) is 174 Å². The molecule has 1 unspecified atom stereocenters. The number of unbranched alkanes of at least 4 members (excludes halogenated alkanes) is 20. The van der Waals surface area contributed by atoms with Gasteiger partial charge in [0.25, 0.3) is 0 Å². The highest BCUT2D eigenvalue weighted by atomic mass is 31.2. The van der Waals surface area contributed by atoms with Crippen molar-refractivity contribution in [2.45, 2.75) is 180 Å². The highest BCUT2D eigenvalue weighted by Gasteiger charge is 2.22. The molecule has 254 valence electrons. The normalized spacial score (nSPS) is 12.6. The third-order valence-electron chi connectivity index (χ3n) is 7.53. The minimum atomic E-state index is -4.74. The fourth-order valence-corrected chi connectivity index (χ4v) is 5.26. The lowest BCUT2D eigenvalue weighted by atomic mass is 10.0. The fraction of sp³-hybridized carbons (Fsp3) is 0.882. The molecule has 0 aliphatic heterocycles. The third kappa shape index (κ3) is 33.5. The Morgan fingerprint density at radius 1 is 0.581 bits per heavy atom. The van der Waals surface area contributed by atoms with Crippen molar-refractivity contribution in [2.24, 2.45) is 0 Å². The summed E-state index contributed by atoms with van der Waals surface area (Å²) in [6.07, 6.45) is 30.7. The molecule has 0 aliphatic rings. The van der Waals surface area contributed by atoms with Gasteiger partial charge in [-0.05, 0) is 38.5 Å². The van der Waals surface area contributed by atoms with E-state index >= 15 is 0 Å². The Labute approximate surface area is 263 Å². The largest absolute Gasteiger partial charge is 0.469 e. The van der Waals surface area contributed by atoms with E-state index in [0.29, 0.717) is 6.42 Å². The molecule has 0 fully saturated rings. The average molecular weight is 633 g/mol. The van der Waals surface area contributed by atoms with E-state index in [1.54, 1.807) is 0 Å². The van der Waals surface area contributed by atoms with Crippen LogP contribution >= 0.6 is 7.82 Å². The predicted molar refractivity (Wildman–Crippen MR) is 175 cm³/mol. The summed E-state index contributed by atoms with van der Waals surface area (Å²) in [5.74, 6) is -0.891. The van der Waals surface area contributed by atoms with Crippen molar-refractivity contribution >= 4 is 19.8 Å².